The third-order valence-electron chi connectivity index (χ3n) is 4.82. The van der Waals surface area contributed by atoms with E-state index in [1.807, 2.05) is 31.2 Å². The highest BCUT2D eigenvalue weighted by molar-refractivity contribution is 5.94. The van der Waals surface area contributed by atoms with E-state index >= 15 is 0 Å². The molecule has 1 saturated heterocycles. The van der Waals surface area contributed by atoms with E-state index in [0.29, 0.717) is 37.5 Å². The Morgan fingerprint density at radius 1 is 1.29 bits per heavy atom. The van der Waals surface area contributed by atoms with Crippen LogP contribution in [0.5, 0.6) is 0 Å². The van der Waals surface area contributed by atoms with Crippen LogP contribution < -0.4 is 5.32 Å². The number of rotatable bonds is 8. The first kappa shape index (κ1) is 18.9. The molecule has 1 aliphatic rings. The summed E-state index contributed by atoms with van der Waals surface area (Å²) in [6.07, 6.45) is 3.06. The molecule has 1 unspecified atom stereocenters. The molecule has 0 bridgehead atoms. The molecule has 0 saturated carbocycles. The average Bonchev–Trinajstić information content (AvgIpc) is 2.62. The highest BCUT2D eigenvalue weighted by atomic mass is 16.3. The molecule has 134 valence electrons. The van der Waals surface area contributed by atoms with Crippen LogP contribution in [0.1, 0.15) is 48.5 Å². The summed E-state index contributed by atoms with van der Waals surface area (Å²) >= 11 is 0. The van der Waals surface area contributed by atoms with Gasteiger partial charge in [-0.15, -0.1) is 0 Å². The second-order valence-electron chi connectivity index (χ2n) is 6.71. The number of hydrogen-bond donors (Lipinski definition) is 3. The number of carbonyl (C=O) groups is 1. The van der Waals surface area contributed by atoms with Gasteiger partial charge in [0.15, 0.2) is 0 Å². The Kier molecular flexibility index (Phi) is 7.69. The van der Waals surface area contributed by atoms with Crippen molar-refractivity contribution in [3.05, 3.63) is 35.4 Å². The van der Waals surface area contributed by atoms with E-state index in [2.05, 4.69) is 10.2 Å². The van der Waals surface area contributed by atoms with Crippen LogP contribution in [-0.2, 0) is 6.54 Å². The van der Waals surface area contributed by atoms with Crippen molar-refractivity contribution >= 4 is 5.91 Å². The molecule has 1 heterocycles. The minimum absolute atomic E-state index is 0.0892. The standard InChI is InChI=1S/C19H30N2O3/c1-2-18(23)7-10-20-19(24)17-5-3-15(4-6-17)13-21-11-8-16(14-22)9-12-21/h3-6,16,18,22-23H,2,7-14H2,1H3,(H,20,24). The van der Waals surface area contributed by atoms with Crippen molar-refractivity contribution < 1.29 is 15.0 Å². The summed E-state index contributed by atoms with van der Waals surface area (Å²) in [5.41, 5.74) is 1.86. The predicted octanol–water partition coefficient (Wildman–Crippen LogP) is 1.78. The fourth-order valence-corrected chi connectivity index (χ4v) is 3.01. The molecular formula is C19H30N2O3. The molecule has 24 heavy (non-hydrogen) atoms. The van der Waals surface area contributed by atoms with Gasteiger partial charge in [-0.25, -0.2) is 0 Å². The molecule has 1 fully saturated rings. The summed E-state index contributed by atoms with van der Waals surface area (Å²) in [6.45, 7) is 5.66. The molecule has 0 spiro atoms. The first-order chi connectivity index (χ1) is 11.6. The Morgan fingerprint density at radius 3 is 2.54 bits per heavy atom. The third kappa shape index (κ3) is 5.89. The van der Waals surface area contributed by atoms with E-state index in [1.54, 1.807) is 0 Å². The van der Waals surface area contributed by atoms with Crippen molar-refractivity contribution in [2.24, 2.45) is 5.92 Å². The van der Waals surface area contributed by atoms with Crippen molar-refractivity contribution in [2.45, 2.75) is 45.3 Å². The number of likely N-dealkylation sites (tertiary alicyclic amines) is 1. The lowest BCUT2D eigenvalue weighted by Crippen LogP contribution is -2.34. The zero-order valence-electron chi connectivity index (χ0n) is 14.6. The fourth-order valence-electron chi connectivity index (χ4n) is 3.01. The Morgan fingerprint density at radius 2 is 1.96 bits per heavy atom. The number of nitrogens with one attached hydrogen (secondary N) is 1. The van der Waals surface area contributed by atoms with E-state index in [9.17, 15) is 15.0 Å². The minimum atomic E-state index is -0.345. The highest BCUT2D eigenvalue weighted by Crippen LogP contribution is 2.18. The van der Waals surface area contributed by atoms with E-state index in [4.69, 9.17) is 0 Å². The monoisotopic (exact) mass is 334 g/mol. The van der Waals surface area contributed by atoms with Gasteiger partial charge in [-0.3, -0.25) is 9.69 Å². The molecule has 1 aromatic carbocycles. The van der Waals surface area contributed by atoms with Crippen LogP contribution in [0.15, 0.2) is 24.3 Å². The first-order valence-electron chi connectivity index (χ1n) is 9.00. The summed E-state index contributed by atoms with van der Waals surface area (Å²) in [5, 5.41) is 21.5. The van der Waals surface area contributed by atoms with Crippen LogP contribution in [0.3, 0.4) is 0 Å². The van der Waals surface area contributed by atoms with Gasteiger partial charge in [-0.2, -0.15) is 0 Å². The Bertz CT molecular complexity index is 496. The largest absolute Gasteiger partial charge is 0.396 e. The lowest BCUT2D eigenvalue weighted by molar-refractivity contribution is 0.0942. The van der Waals surface area contributed by atoms with Crippen molar-refractivity contribution in [3.63, 3.8) is 0 Å². The van der Waals surface area contributed by atoms with Gasteiger partial charge in [0.05, 0.1) is 6.10 Å². The SMILES string of the molecule is CCC(O)CCNC(=O)c1ccc(CN2CCC(CO)CC2)cc1. The normalized spacial score (nSPS) is 17.6. The fraction of sp³-hybridized carbons (Fsp3) is 0.632. The van der Waals surface area contributed by atoms with Gasteiger partial charge in [-0.05, 0) is 62.4 Å². The molecule has 1 amide bonds. The van der Waals surface area contributed by atoms with Crippen LogP contribution in [0, 0.1) is 5.92 Å². The molecular weight excluding hydrogens is 304 g/mol. The Balaban J connectivity index is 1.77. The first-order valence-corrected chi connectivity index (χ1v) is 9.00. The second kappa shape index (κ2) is 9.77. The van der Waals surface area contributed by atoms with E-state index in [-0.39, 0.29) is 12.0 Å². The van der Waals surface area contributed by atoms with Crippen molar-refractivity contribution in [1.82, 2.24) is 10.2 Å². The van der Waals surface area contributed by atoms with Crippen molar-refractivity contribution in [1.29, 1.82) is 0 Å². The van der Waals surface area contributed by atoms with Crippen LogP contribution >= 0.6 is 0 Å². The minimum Gasteiger partial charge on any atom is -0.396 e. The summed E-state index contributed by atoms with van der Waals surface area (Å²) < 4.78 is 0. The summed E-state index contributed by atoms with van der Waals surface area (Å²) in [7, 11) is 0. The maximum Gasteiger partial charge on any atom is 0.251 e. The molecule has 1 aromatic rings. The quantitative estimate of drug-likeness (QED) is 0.678. The molecule has 1 aliphatic heterocycles. The lowest BCUT2D eigenvalue weighted by atomic mass is 9.97. The van der Waals surface area contributed by atoms with Crippen LogP contribution in [-0.4, -0.2) is 53.4 Å². The van der Waals surface area contributed by atoms with Crippen LogP contribution in [0.25, 0.3) is 0 Å². The molecule has 1 atom stereocenters. The van der Waals surface area contributed by atoms with Crippen LogP contribution in [0.4, 0.5) is 0 Å². The summed E-state index contributed by atoms with van der Waals surface area (Å²) in [4.78, 5) is 14.5. The number of aliphatic hydroxyl groups excluding tert-OH is 2. The van der Waals surface area contributed by atoms with Crippen molar-refractivity contribution in [3.8, 4) is 0 Å². The smallest absolute Gasteiger partial charge is 0.251 e. The topological polar surface area (TPSA) is 72.8 Å². The van der Waals surface area contributed by atoms with E-state index in [0.717, 1.165) is 32.5 Å². The zero-order valence-corrected chi connectivity index (χ0v) is 14.6. The average molecular weight is 334 g/mol. The Labute approximate surface area is 144 Å². The van der Waals surface area contributed by atoms with Gasteiger partial charge in [0.2, 0.25) is 0 Å². The third-order valence-corrected chi connectivity index (χ3v) is 4.82. The van der Waals surface area contributed by atoms with Gasteiger partial charge in [-0.1, -0.05) is 19.1 Å². The molecule has 3 N–H and O–H groups in total. The van der Waals surface area contributed by atoms with Crippen molar-refractivity contribution in [2.75, 3.05) is 26.2 Å². The number of amides is 1. The van der Waals surface area contributed by atoms with Gasteiger partial charge in [0.25, 0.3) is 5.91 Å². The molecule has 0 radical (unpaired) electrons. The van der Waals surface area contributed by atoms with Gasteiger partial charge in [0, 0.05) is 25.3 Å². The molecule has 5 heteroatoms. The Hall–Kier alpha value is -1.43. The number of aliphatic hydroxyl groups is 2. The summed E-state index contributed by atoms with van der Waals surface area (Å²) in [5.74, 6) is 0.368. The lowest BCUT2D eigenvalue weighted by Gasteiger charge is -2.31. The van der Waals surface area contributed by atoms with E-state index in [1.165, 1.54) is 5.56 Å². The van der Waals surface area contributed by atoms with E-state index < -0.39 is 0 Å². The maximum atomic E-state index is 12.1. The van der Waals surface area contributed by atoms with Gasteiger partial charge >= 0.3 is 0 Å². The molecule has 2 rings (SSSR count). The number of piperidine rings is 1. The highest BCUT2D eigenvalue weighted by Gasteiger charge is 2.18. The second-order valence-corrected chi connectivity index (χ2v) is 6.71. The van der Waals surface area contributed by atoms with Gasteiger partial charge in [0.1, 0.15) is 0 Å². The summed E-state index contributed by atoms with van der Waals surface area (Å²) in [6, 6.07) is 7.74. The number of carbonyl (C=O) groups excluding carboxylic acids is 1. The molecule has 5 nitrogen and oxygen atoms in total. The zero-order chi connectivity index (χ0) is 17.4. The van der Waals surface area contributed by atoms with Gasteiger partial charge < -0.3 is 15.5 Å². The molecule has 0 aliphatic carbocycles. The molecule has 0 aromatic heterocycles. The maximum absolute atomic E-state index is 12.1. The number of nitrogens with zero attached hydrogens (tertiary/aromatic N) is 1. The number of benzene rings is 1. The van der Waals surface area contributed by atoms with Crippen LogP contribution in [0.2, 0.25) is 0 Å². The number of hydrogen-bond acceptors (Lipinski definition) is 4. The predicted molar refractivity (Wildman–Crippen MR) is 94.8 cm³/mol.